The first-order valence-corrected chi connectivity index (χ1v) is 5.48. The topological polar surface area (TPSA) is 41.6 Å². The molecule has 0 spiro atoms. The summed E-state index contributed by atoms with van der Waals surface area (Å²) in [7, 11) is 1.66. The fourth-order valence-electron chi connectivity index (χ4n) is 1.41. The molecule has 0 rings (SSSR count). The van der Waals surface area contributed by atoms with Crippen LogP contribution in [-0.4, -0.2) is 49.7 Å². The van der Waals surface area contributed by atoms with Crippen LogP contribution < -0.4 is 5.32 Å². The molecule has 0 saturated carbocycles. The van der Waals surface area contributed by atoms with Gasteiger partial charge < -0.3 is 15.0 Å². The molecule has 0 aliphatic carbocycles. The van der Waals surface area contributed by atoms with Crippen molar-refractivity contribution in [3.63, 3.8) is 0 Å². The number of carbonyl (C=O) groups is 1. The van der Waals surface area contributed by atoms with Gasteiger partial charge in [-0.15, -0.1) is 0 Å². The smallest absolute Gasteiger partial charge is 0.236 e. The molecule has 0 fully saturated rings. The molecule has 1 amide bonds. The fourth-order valence-corrected chi connectivity index (χ4v) is 1.41. The van der Waals surface area contributed by atoms with Gasteiger partial charge in [0.05, 0.1) is 13.2 Å². The molecule has 0 aromatic carbocycles. The molecule has 15 heavy (non-hydrogen) atoms. The van der Waals surface area contributed by atoms with Crippen molar-refractivity contribution in [2.24, 2.45) is 0 Å². The zero-order valence-electron chi connectivity index (χ0n) is 10.6. The molecule has 1 N–H and O–H groups in total. The Labute approximate surface area is 93.0 Å². The second-order valence-electron chi connectivity index (χ2n) is 4.24. The first-order valence-electron chi connectivity index (χ1n) is 5.48. The monoisotopic (exact) mass is 216 g/mol. The molecule has 0 aromatic heterocycles. The van der Waals surface area contributed by atoms with E-state index in [1.54, 1.807) is 7.11 Å². The summed E-state index contributed by atoms with van der Waals surface area (Å²) in [6, 6.07) is 0. The summed E-state index contributed by atoms with van der Waals surface area (Å²) in [5.74, 6) is 0.143. The summed E-state index contributed by atoms with van der Waals surface area (Å²) >= 11 is 0. The molecule has 0 aliphatic rings. The van der Waals surface area contributed by atoms with Crippen molar-refractivity contribution in [3.8, 4) is 0 Å². The van der Waals surface area contributed by atoms with Gasteiger partial charge in [0.15, 0.2) is 0 Å². The zero-order valence-corrected chi connectivity index (χ0v) is 10.6. The lowest BCUT2D eigenvalue weighted by Gasteiger charge is -2.27. The maximum absolute atomic E-state index is 11.7. The summed E-state index contributed by atoms with van der Waals surface area (Å²) < 4.78 is 5.06. The van der Waals surface area contributed by atoms with E-state index in [0.29, 0.717) is 13.2 Å². The van der Waals surface area contributed by atoms with Crippen LogP contribution in [0.5, 0.6) is 0 Å². The number of hydrogen-bond acceptors (Lipinski definition) is 3. The van der Waals surface area contributed by atoms with E-state index in [-0.39, 0.29) is 11.4 Å². The third kappa shape index (κ3) is 5.74. The van der Waals surface area contributed by atoms with Gasteiger partial charge in [-0.25, -0.2) is 0 Å². The molecule has 0 radical (unpaired) electrons. The van der Waals surface area contributed by atoms with Gasteiger partial charge in [-0.2, -0.15) is 0 Å². The van der Waals surface area contributed by atoms with E-state index in [9.17, 15) is 4.79 Å². The number of nitrogens with one attached hydrogen (secondary N) is 1. The first-order chi connectivity index (χ1) is 6.96. The number of methoxy groups -OCH3 is 1. The van der Waals surface area contributed by atoms with E-state index in [0.717, 1.165) is 13.1 Å². The van der Waals surface area contributed by atoms with Gasteiger partial charge in [-0.3, -0.25) is 4.79 Å². The van der Waals surface area contributed by atoms with Gasteiger partial charge >= 0.3 is 0 Å². The van der Waals surface area contributed by atoms with E-state index in [1.807, 2.05) is 32.6 Å². The molecule has 0 heterocycles. The van der Waals surface area contributed by atoms with Crippen LogP contribution in [0.15, 0.2) is 0 Å². The number of ether oxygens (including phenoxy) is 1. The van der Waals surface area contributed by atoms with Crippen LogP contribution >= 0.6 is 0 Å². The van der Waals surface area contributed by atoms with Crippen molar-refractivity contribution in [3.05, 3.63) is 0 Å². The standard InChI is InChI=1S/C11H24N2O2/c1-6-13(7-2)10(14)8-12-11(3,4)9-15-5/h12H,6-9H2,1-5H3. The number of carbonyl (C=O) groups excluding carboxylic acids is 1. The van der Waals surface area contributed by atoms with Crippen LogP contribution in [0.4, 0.5) is 0 Å². The molecule has 0 bridgehead atoms. The van der Waals surface area contributed by atoms with Gasteiger partial charge in [-0.05, 0) is 27.7 Å². The minimum Gasteiger partial charge on any atom is -0.383 e. The summed E-state index contributed by atoms with van der Waals surface area (Å²) in [6.45, 7) is 10.5. The molecular weight excluding hydrogens is 192 g/mol. The lowest BCUT2D eigenvalue weighted by molar-refractivity contribution is -0.130. The largest absolute Gasteiger partial charge is 0.383 e. The number of rotatable bonds is 7. The van der Waals surface area contributed by atoms with Crippen LogP contribution in [0, 0.1) is 0 Å². The van der Waals surface area contributed by atoms with Crippen LogP contribution in [0.25, 0.3) is 0 Å². The second kappa shape index (κ2) is 6.80. The molecule has 90 valence electrons. The van der Waals surface area contributed by atoms with Crippen molar-refractivity contribution in [2.45, 2.75) is 33.2 Å². The number of nitrogens with zero attached hydrogens (tertiary/aromatic N) is 1. The van der Waals surface area contributed by atoms with Crippen molar-refractivity contribution in [1.29, 1.82) is 0 Å². The molecular formula is C11H24N2O2. The Hall–Kier alpha value is -0.610. The SMILES string of the molecule is CCN(CC)C(=O)CNC(C)(C)COC. The minimum atomic E-state index is -0.155. The molecule has 4 nitrogen and oxygen atoms in total. The van der Waals surface area contributed by atoms with Crippen LogP contribution in [-0.2, 0) is 9.53 Å². The molecule has 0 unspecified atom stereocenters. The van der Waals surface area contributed by atoms with Gasteiger partial charge in [-0.1, -0.05) is 0 Å². The third-order valence-corrected chi connectivity index (χ3v) is 2.34. The highest BCUT2D eigenvalue weighted by atomic mass is 16.5. The number of amides is 1. The third-order valence-electron chi connectivity index (χ3n) is 2.34. The highest BCUT2D eigenvalue weighted by Crippen LogP contribution is 2.01. The van der Waals surface area contributed by atoms with E-state index in [4.69, 9.17) is 4.74 Å². The zero-order chi connectivity index (χ0) is 11.9. The van der Waals surface area contributed by atoms with E-state index < -0.39 is 0 Å². The first kappa shape index (κ1) is 14.4. The average molecular weight is 216 g/mol. The predicted octanol–water partition coefficient (Wildman–Crippen LogP) is 0.869. The molecule has 0 saturated heterocycles. The fraction of sp³-hybridized carbons (Fsp3) is 0.909. The van der Waals surface area contributed by atoms with E-state index in [2.05, 4.69) is 5.32 Å². The number of likely N-dealkylation sites (N-methyl/N-ethyl adjacent to an activating group) is 1. The maximum Gasteiger partial charge on any atom is 0.236 e. The molecule has 0 aromatic rings. The Morgan fingerprint density at radius 2 is 1.87 bits per heavy atom. The Kier molecular flexibility index (Phi) is 6.52. The molecule has 0 aliphatic heterocycles. The second-order valence-corrected chi connectivity index (χ2v) is 4.24. The van der Waals surface area contributed by atoms with Gasteiger partial charge in [0.2, 0.25) is 5.91 Å². The summed E-state index contributed by atoms with van der Waals surface area (Å²) in [5, 5.41) is 3.19. The Morgan fingerprint density at radius 3 is 2.27 bits per heavy atom. The van der Waals surface area contributed by atoms with Crippen molar-refractivity contribution < 1.29 is 9.53 Å². The highest BCUT2D eigenvalue weighted by molar-refractivity contribution is 5.78. The minimum absolute atomic E-state index is 0.143. The van der Waals surface area contributed by atoms with Crippen molar-refractivity contribution >= 4 is 5.91 Å². The normalized spacial score (nSPS) is 11.5. The van der Waals surface area contributed by atoms with Gasteiger partial charge in [0, 0.05) is 25.7 Å². The van der Waals surface area contributed by atoms with Gasteiger partial charge in [0.25, 0.3) is 0 Å². The average Bonchev–Trinajstić information content (AvgIpc) is 2.17. The summed E-state index contributed by atoms with van der Waals surface area (Å²) in [5.41, 5.74) is -0.155. The predicted molar refractivity (Wildman–Crippen MR) is 61.9 cm³/mol. The lowest BCUT2D eigenvalue weighted by atomic mass is 10.1. The Morgan fingerprint density at radius 1 is 1.33 bits per heavy atom. The van der Waals surface area contributed by atoms with E-state index in [1.165, 1.54) is 0 Å². The van der Waals surface area contributed by atoms with Gasteiger partial charge in [0.1, 0.15) is 0 Å². The van der Waals surface area contributed by atoms with Crippen molar-refractivity contribution in [1.82, 2.24) is 10.2 Å². The maximum atomic E-state index is 11.7. The Bertz CT molecular complexity index is 189. The summed E-state index contributed by atoms with van der Waals surface area (Å²) in [6.07, 6.45) is 0. The highest BCUT2D eigenvalue weighted by Gasteiger charge is 2.19. The molecule has 4 heteroatoms. The van der Waals surface area contributed by atoms with Crippen LogP contribution in [0.3, 0.4) is 0 Å². The lowest BCUT2D eigenvalue weighted by Crippen LogP contribution is -2.48. The Balaban J connectivity index is 3.98. The van der Waals surface area contributed by atoms with Crippen LogP contribution in [0.1, 0.15) is 27.7 Å². The number of hydrogen-bond donors (Lipinski definition) is 1. The molecule has 0 atom stereocenters. The van der Waals surface area contributed by atoms with E-state index >= 15 is 0 Å². The van der Waals surface area contributed by atoms with Crippen molar-refractivity contribution in [2.75, 3.05) is 33.4 Å². The quantitative estimate of drug-likeness (QED) is 0.686. The van der Waals surface area contributed by atoms with Crippen LogP contribution in [0.2, 0.25) is 0 Å². The summed E-state index contributed by atoms with van der Waals surface area (Å²) in [4.78, 5) is 13.5.